The van der Waals surface area contributed by atoms with Crippen LogP contribution in [0.15, 0.2) is 0 Å². The predicted molar refractivity (Wildman–Crippen MR) is 80.7 cm³/mol. The maximum atomic E-state index is 11.9. The third-order valence-corrected chi connectivity index (χ3v) is 3.67. The molecule has 0 bridgehead atoms. The number of nitrogens with zero attached hydrogens (tertiary/aromatic N) is 2. The summed E-state index contributed by atoms with van der Waals surface area (Å²) in [5.41, 5.74) is -0.438. The van der Waals surface area contributed by atoms with E-state index in [1.807, 2.05) is 20.8 Å². The second-order valence-corrected chi connectivity index (χ2v) is 6.76. The molecule has 21 heavy (non-hydrogen) atoms. The summed E-state index contributed by atoms with van der Waals surface area (Å²) in [5, 5.41) is 11.5. The minimum Gasteiger partial charge on any atom is -0.444 e. The Morgan fingerprint density at radius 2 is 1.86 bits per heavy atom. The van der Waals surface area contributed by atoms with Crippen molar-refractivity contribution >= 4 is 18.1 Å². The summed E-state index contributed by atoms with van der Waals surface area (Å²) in [6, 6.07) is 0. The van der Waals surface area contributed by atoms with Gasteiger partial charge in [0.25, 0.3) is 0 Å². The molecule has 8 heteroatoms. The quantitative estimate of drug-likeness (QED) is 0.334. The van der Waals surface area contributed by atoms with Gasteiger partial charge in [0, 0.05) is 44.0 Å². The number of carbonyl (C=O) groups excluding carboxylic acids is 1. The molecule has 0 aliphatic carbocycles. The molecule has 1 saturated heterocycles. The van der Waals surface area contributed by atoms with E-state index in [2.05, 4.69) is 14.3 Å². The van der Waals surface area contributed by atoms with Crippen LogP contribution >= 0.6 is 12.0 Å². The molecule has 0 aromatic heterocycles. The van der Waals surface area contributed by atoms with E-state index in [0.29, 0.717) is 13.1 Å². The minimum absolute atomic E-state index is 0.222. The Morgan fingerprint density at radius 1 is 1.19 bits per heavy atom. The second kappa shape index (κ2) is 9.47. The summed E-state index contributed by atoms with van der Waals surface area (Å²) >= 11 is 1.09. The van der Waals surface area contributed by atoms with Gasteiger partial charge in [-0.1, -0.05) is 5.04 Å². The molecule has 124 valence electrons. The van der Waals surface area contributed by atoms with Gasteiger partial charge in [0.15, 0.2) is 0 Å². The first-order valence-electron chi connectivity index (χ1n) is 7.22. The molecule has 0 saturated carbocycles. The number of hydrogen-bond donors (Lipinski definition) is 1. The van der Waals surface area contributed by atoms with Crippen molar-refractivity contribution in [1.82, 2.24) is 9.80 Å². The van der Waals surface area contributed by atoms with Crippen LogP contribution in [0.4, 0.5) is 4.79 Å². The van der Waals surface area contributed by atoms with Gasteiger partial charge in [-0.3, -0.25) is 4.90 Å². The van der Waals surface area contributed by atoms with Crippen molar-refractivity contribution in [1.29, 1.82) is 0 Å². The highest BCUT2D eigenvalue weighted by atomic mass is 32.2. The minimum atomic E-state index is -0.438. The van der Waals surface area contributed by atoms with E-state index in [4.69, 9.17) is 9.99 Å². The number of carbonyl (C=O) groups is 1. The van der Waals surface area contributed by atoms with Gasteiger partial charge in [-0.05, 0) is 40.2 Å². The number of rotatable bonds is 7. The molecule has 1 N–H and O–H groups in total. The lowest BCUT2D eigenvalue weighted by molar-refractivity contribution is -0.432. The van der Waals surface area contributed by atoms with E-state index < -0.39 is 5.60 Å². The Bertz CT molecular complexity index is 303. The van der Waals surface area contributed by atoms with Crippen molar-refractivity contribution in [2.24, 2.45) is 0 Å². The monoisotopic (exact) mass is 322 g/mol. The molecule has 1 heterocycles. The predicted octanol–water partition coefficient (Wildman–Crippen LogP) is 2.39. The Balaban J connectivity index is 2.10. The molecule has 0 radical (unpaired) electrons. The van der Waals surface area contributed by atoms with Gasteiger partial charge in [0.05, 0.1) is 0 Å². The third kappa shape index (κ3) is 8.47. The van der Waals surface area contributed by atoms with E-state index >= 15 is 0 Å². The van der Waals surface area contributed by atoms with Gasteiger partial charge < -0.3 is 9.64 Å². The lowest BCUT2D eigenvalue weighted by Gasteiger charge is -2.35. The number of amides is 1. The molecule has 0 aromatic rings. The average molecular weight is 322 g/mol. The number of hydrogen-bond acceptors (Lipinski definition) is 7. The molecule has 0 atom stereocenters. The van der Waals surface area contributed by atoms with Crippen molar-refractivity contribution in [3.05, 3.63) is 0 Å². The first-order valence-corrected chi connectivity index (χ1v) is 8.13. The van der Waals surface area contributed by atoms with Crippen LogP contribution < -0.4 is 0 Å². The van der Waals surface area contributed by atoms with E-state index in [0.717, 1.165) is 50.3 Å². The van der Waals surface area contributed by atoms with Gasteiger partial charge in [-0.15, -0.1) is 4.33 Å². The molecule has 1 aliphatic rings. The van der Waals surface area contributed by atoms with Gasteiger partial charge in [-0.2, -0.15) is 0 Å². The third-order valence-electron chi connectivity index (χ3n) is 3.05. The normalized spacial score (nSPS) is 17.0. The molecule has 0 aromatic carbocycles. The van der Waals surface area contributed by atoms with Crippen LogP contribution in [0.3, 0.4) is 0 Å². The summed E-state index contributed by atoms with van der Waals surface area (Å²) < 4.78 is 9.67. The Labute approximate surface area is 130 Å². The van der Waals surface area contributed by atoms with Crippen molar-refractivity contribution in [3.63, 3.8) is 0 Å². The summed E-state index contributed by atoms with van der Waals surface area (Å²) in [4.78, 5) is 16.0. The highest BCUT2D eigenvalue weighted by molar-refractivity contribution is 7.94. The molecular formula is C13H26N2O5S. The van der Waals surface area contributed by atoms with Crippen LogP contribution in [0.2, 0.25) is 0 Å². The van der Waals surface area contributed by atoms with Crippen LogP contribution in [0.25, 0.3) is 0 Å². The van der Waals surface area contributed by atoms with Crippen LogP contribution in [-0.2, 0) is 14.1 Å². The SMILES string of the molecule is CC(C)(C)OC(=O)N1CCN(CCCCSOOO)CC1. The molecule has 7 nitrogen and oxygen atoms in total. The fraction of sp³-hybridized carbons (Fsp3) is 0.923. The zero-order chi connectivity index (χ0) is 15.7. The van der Waals surface area contributed by atoms with E-state index in [9.17, 15) is 4.79 Å². The van der Waals surface area contributed by atoms with Crippen molar-refractivity contribution in [2.75, 3.05) is 38.5 Å². The summed E-state index contributed by atoms with van der Waals surface area (Å²) in [7, 11) is 0. The average Bonchev–Trinajstić information content (AvgIpc) is 2.41. The first-order chi connectivity index (χ1) is 9.92. The van der Waals surface area contributed by atoms with Gasteiger partial charge >= 0.3 is 6.09 Å². The standard InChI is InChI=1S/C13H26N2O5S/c1-13(2,3)18-12(16)15-9-7-14(8-10-15)6-4-5-11-21-20-19-17/h17H,4-11H2,1-3H3. The maximum absolute atomic E-state index is 11.9. The maximum Gasteiger partial charge on any atom is 0.410 e. The van der Waals surface area contributed by atoms with Gasteiger partial charge in [0.1, 0.15) is 5.60 Å². The van der Waals surface area contributed by atoms with Crippen LogP contribution in [0, 0.1) is 0 Å². The van der Waals surface area contributed by atoms with Crippen LogP contribution in [0.1, 0.15) is 33.6 Å². The lowest BCUT2D eigenvalue weighted by Crippen LogP contribution is -2.50. The highest BCUT2D eigenvalue weighted by Gasteiger charge is 2.25. The zero-order valence-corrected chi connectivity index (χ0v) is 13.9. The zero-order valence-electron chi connectivity index (χ0n) is 13.0. The number of unbranched alkanes of at least 4 members (excludes halogenated alkanes) is 1. The lowest BCUT2D eigenvalue weighted by atomic mass is 10.2. The Kier molecular flexibility index (Phi) is 8.35. The van der Waals surface area contributed by atoms with Crippen molar-refractivity contribution < 1.29 is 24.2 Å². The van der Waals surface area contributed by atoms with E-state index in [1.165, 1.54) is 0 Å². The molecule has 0 spiro atoms. The van der Waals surface area contributed by atoms with E-state index in [1.54, 1.807) is 4.90 Å². The fourth-order valence-electron chi connectivity index (χ4n) is 2.03. The van der Waals surface area contributed by atoms with Gasteiger partial charge in [0.2, 0.25) is 0 Å². The largest absolute Gasteiger partial charge is 0.444 e. The van der Waals surface area contributed by atoms with Crippen LogP contribution in [0.5, 0.6) is 0 Å². The summed E-state index contributed by atoms with van der Waals surface area (Å²) in [6.07, 6.45) is 1.81. The molecule has 1 rings (SSSR count). The fourth-order valence-corrected chi connectivity index (χ4v) is 2.47. The molecule has 1 aliphatic heterocycles. The first kappa shape index (κ1) is 18.5. The second-order valence-electron chi connectivity index (χ2n) is 5.98. The molecule has 1 fully saturated rings. The topological polar surface area (TPSA) is 71.5 Å². The molecule has 0 unspecified atom stereocenters. The Morgan fingerprint density at radius 3 is 2.43 bits per heavy atom. The van der Waals surface area contributed by atoms with E-state index in [-0.39, 0.29) is 6.09 Å². The Hall–Kier alpha value is -0.540. The summed E-state index contributed by atoms with van der Waals surface area (Å²) in [5.74, 6) is 0.776. The van der Waals surface area contributed by atoms with Crippen LogP contribution in [-0.4, -0.2) is 65.2 Å². The molecule has 1 amide bonds. The number of ether oxygens (including phenoxy) is 1. The van der Waals surface area contributed by atoms with Gasteiger partial charge in [-0.25, -0.2) is 10.1 Å². The highest BCUT2D eigenvalue weighted by Crippen LogP contribution is 2.12. The van der Waals surface area contributed by atoms with Crippen molar-refractivity contribution in [2.45, 2.75) is 39.2 Å². The van der Waals surface area contributed by atoms with Crippen molar-refractivity contribution in [3.8, 4) is 0 Å². The number of piperazine rings is 1. The smallest absolute Gasteiger partial charge is 0.410 e. The molecular weight excluding hydrogens is 296 g/mol. The summed E-state index contributed by atoms with van der Waals surface area (Å²) in [6.45, 7) is 9.82.